The number of carbonyl (C=O) groups excluding carboxylic acids is 2. The first-order valence-electron chi connectivity index (χ1n) is 10.8. The van der Waals surface area contributed by atoms with E-state index in [2.05, 4.69) is 16.0 Å². The van der Waals surface area contributed by atoms with E-state index in [1.54, 1.807) is 30.3 Å². The molecule has 0 bridgehead atoms. The molecule has 1 aromatic heterocycles. The molecule has 0 spiro atoms. The Morgan fingerprint density at radius 1 is 0.848 bits per heavy atom. The second-order valence-electron chi connectivity index (χ2n) is 8.04. The van der Waals surface area contributed by atoms with Gasteiger partial charge in [-0.1, -0.05) is 48.0 Å². The molecule has 0 saturated heterocycles. The number of fused-ring (bicyclic) bond motifs is 2. The first kappa shape index (κ1) is 21.0. The predicted octanol–water partition coefficient (Wildman–Crippen LogP) is 5.53. The number of amides is 2. The fraction of sp³-hybridized carbons (Fsp3) is 0.111. The summed E-state index contributed by atoms with van der Waals surface area (Å²) in [4.78, 5) is 27.7. The molecule has 0 saturated carbocycles. The number of nitrogens with zero attached hydrogens (tertiary/aromatic N) is 2. The average molecular weight is 456 g/mol. The topological polar surface area (TPSA) is 54.3 Å². The monoisotopic (exact) mass is 455 g/mol. The van der Waals surface area contributed by atoms with Gasteiger partial charge >= 0.3 is 0 Å². The maximum absolute atomic E-state index is 13.5. The van der Waals surface area contributed by atoms with E-state index in [1.807, 2.05) is 59.6 Å². The van der Waals surface area contributed by atoms with E-state index >= 15 is 0 Å². The van der Waals surface area contributed by atoms with Gasteiger partial charge in [0.05, 0.1) is 13.0 Å². The predicted molar refractivity (Wildman–Crippen MR) is 131 cm³/mol. The van der Waals surface area contributed by atoms with Crippen LogP contribution in [0.5, 0.6) is 0 Å². The number of halogens is 1. The third-order valence-corrected chi connectivity index (χ3v) is 6.21. The van der Waals surface area contributed by atoms with Crippen LogP contribution in [0.3, 0.4) is 0 Å². The SMILES string of the molecule is O=C(Cc1ccccc1Cl)Nc1ccc(C(=O)N2Cc3cccn3Cc3ccccc32)cc1. The van der Waals surface area contributed by atoms with Crippen LogP contribution in [0.25, 0.3) is 0 Å². The van der Waals surface area contributed by atoms with Gasteiger partial charge in [0.25, 0.3) is 5.91 Å². The Kier molecular flexibility index (Phi) is 5.71. The minimum Gasteiger partial charge on any atom is -0.345 e. The smallest absolute Gasteiger partial charge is 0.258 e. The van der Waals surface area contributed by atoms with E-state index in [-0.39, 0.29) is 18.2 Å². The minimum absolute atomic E-state index is 0.0777. The number of anilines is 2. The van der Waals surface area contributed by atoms with Gasteiger partial charge in [-0.05, 0) is 59.7 Å². The van der Waals surface area contributed by atoms with Gasteiger partial charge in [0.2, 0.25) is 5.91 Å². The number of hydrogen-bond donors (Lipinski definition) is 1. The van der Waals surface area contributed by atoms with Crippen LogP contribution >= 0.6 is 11.6 Å². The molecule has 2 amide bonds. The summed E-state index contributed by atoms with van der Waals surface area (Å²) in [6.45, 7) is 1.23. The fourth-order valence-corrected chi connectivity index (χ4v) is 4.34. The van der Waals surface area contributed by atoms with Crippen LogP contribution in [0, 0.1) is 0 Å². The van der Waals surface area contributed by atoms with Crippen LogP contribution in [0.15, 0.2) is 91.1 Å². The van der Waals surface area contributed by atoms with Crippen molar-refractivity contribution in [1.82, 2.24) is 4.57 Å². The average Bonchev–Trinajstić information content (AvgIpc) is 3.19. The number of aromatic nitrogens is 1. The van der Waals surface area contributed by atoms with Gasteiger partial charge < -0.3 is 14.8 Å². The molecule has 3 aromatic carbocycles. The largest absolute Gasteiger partial charge is 0.345 e. The van der Waals surface area contributed by atoms with Crippen molar-refractivity contribution < 1.29 is 9.59 Å². The van der Waals surface area contributed by atoms with Crippen LogP contribution in [0.2, 0.25) is 5.02 Å². The number of benzene rings is 3. The highest BCUT2D eigenvalue weighted by Gasteiger charge is 2.24. The van der Waals surface area contributed by atoms with E-state index in [0.29, 0.717) is 22.8 Å². The van der Waals surface area contributed by atoms with E-state index in [0.717, 1.165) is 29.1 Å². The first-order valence-corrected chi connectivity index (χ1v) is 11.1. The van der Waals surface area contributed by atoms with Crippen molar-refractivity contribution in [2.45, 2.75) is 19.5 Å². The molecule has 164 valence electrons. The lowest BCUT2D eigenvalue weighted by Gasteiger charge is -2.23. The molecule has 5 nitrogen and oxygen atoms in total. The van der Waals surface area contributed by atoms with Crippen molar-refractivity contribution in [1.29, 1.82) is 0 Å². The Morgan fingerprint density at radius 3 is 2.42 bits per heavy atom. The molecule has 4 aromatic rings. The molecule has 1 aliphatic rings. The van der Waals surface area contributed by atoms with Crippen molar-refractivity contribution in [2.75, 3.05) is 10.2 Å². The Balaban J connectivity index is 1.33. The molecular weight excluding hydrogens is 434 g/mol. The van der Waals surface area contributed by atoms with Gasteiger partial charge in [-0.25, -0.2) is 0 Å². The zero-order valence-electron chi connectivity index (χ0n) is 17.9. The Bertz CT molecular complexity index is 1330. The Morgan fingerprint density at radius 2 is 1.61 bits per heavy atom. The molecule has 33 heavy (non-hydrogen) atoms. The highest BCUT2D eigenvalue weighted by molar-refractivity contribution is 6.31. The van der Waals surface area contributed by atoms with Crippen molar-refractivity contribution >= 4 is 34.8 Å². The van der Waals surface area contributed by atoms with Gasteiger partial charge in [-0.3, -0.25) is 9.59 Å². The highest BCUT2D eigenvalue weighted by Crippen LogP contribution is 2.29. The minimum atomic E-state index is -0.163. The molecular formula is C27H22ClN3O2. The highest BCUT2D eigenvalue weighted by atomic mass is 35.5. The number of rotatable bonds is 4. The van der Waals surface area contributed by atoms with Crippen LogP contribution < -0.4 is 10.2 Å². The van der Waals surface area contributed by atoms with E-state index in [4.69, 9.17) is 11.6 Å². The summed E-state index contributed by atoms with van der Waals surface area (Å²) < 4.78 is 2.17. The van der Waals surface area contributed by atoms with Crippen LogP contribution in [0.4, 0.5) is 11.4 Å². The zero-order chi connectivity index (χ0) is 22.8. The number of hydrogen-bond acceptors (Lipinski definition) is 2. The van der Waals surface area contributed by atoms with Gasteiger partial charge in [0, 0.05) is 40.4 Å². The van der Waals surface area contributed by atoms with E-state index < -0.39 is 0 Å². The molecule has 1 aliphatic heterocycles. The molecule has 0 aliphatic carbocycles. The fourth-order valence-electron chi connectivity index (χ4n) is 4.14. The van der Waals surface area contributed by atoms with Crippen molar-refractivity contribution in [3.8, 4) is 0 Å². The molecule has 0 radical (unpaired) electrons. The lowest BCUT2D eigenvalue weighted by Crippen LogP contribution is -2.30. The van der Waals surface area contributed by atoms with Gasteiger partial charge in [0.15, 0.2) is 0 Å². The Hall–Kier alpha value is -3.83. The molecule has 2 heterocycles. The van der Waals surface area contributed by atoms with Crippen LogP contribution in [-0.2, 0) is 24.3 Å². The summed E-state index contributed by atoms with van der Waals surface area (Å²) in [7, 11) is 0. The van der Waals surface area contributed by atoms with Crippen molar-refractivity contribution in [2.24, 2.45) is 0 Å². The number of para-hydroxylation sites is 1. The van der Waals surface area contributed by atoms with E-state index in [9.17, 15) is 9.59 Å². The van der Waals surface area contributed by atoms with Crippen LogP contribution in [-0.4, -0.2) is 16.4 Å². The summed E-state index contributed by atoms with van der Waals surface area (Å²) in [6.07, 6.45) is 2.23. The summed E-state index contributed by atoms with van der Waals surface area (Å²) >= 11 is 6.15. The third-order valence-electron chi connectivity index (χ3n) is 5.84. The van der Waals surface area contributed by atoms with Crippen molar-refractivity contribution in [3.63, 3.8) is 0 Å². The maximum atomic E-state index is 13.5. The standard InChI is InChI=1S/C27H22ClN3O2/c28-24-9-3-1-6-20(24)16-26(32)29-22-13-11-19(12-14-22)27(33)31-18-23-8-5-15-30(23)17-21-7-2-4-10-25(21)31/h1-15H,16-18H2,(H,29,32). The molecule has 1 N–H and O–H groups in total. The number of carbonyl (C=O) groups is 2. The quantitative estimate of drug-likeness (QED) is 0.439. The molecule has 0 fully saturated rings. The van der Waals surface area contributed by atoms with Gasteiger partial charge in [0.1, 0.15) is 0 Å². The molecule has 0 unspecified atom stereocenters. The molecule has 6 heteroatoms. The van der Waals surface area contributed by atoms with E-state index in [1.165, 1.54) is 0 Å². The third kappa shape index (κ3) is 4.41. The number of nitrogens with one attached hydrogen (secondary N) is 1. The molecule has 5 rings (SSSR count). The van der Waals surface area contributed by atoms with Gasteiger partial charge in [-0.2, -0.15) is 0 Å². The summed E-state index contributed by atoms with van der Waals surface area (Å²) in [5, 5.41) is 3.44. The molecule has 0 atom stereocenters. The first-order chi connectivity index (χ1) is 16.1. The second kappa shape index (κ2) is 8.96. The maximum Gasteiger partial charge on any atom is 0.258 e. The van der Waals surface area contributed by atoms with Crippen molar-refractivity contribution in [3.05, 3.63) is 119 Å². The summed E-state index contributed by atoms with van der Waals surface area (Å²) in [6, 6.07) is 26.3. The second-order valence-corrected chi connectivity index (χ2v) is 8.45. The van der Waals surface area contributed by atoms with Gasteiger partial charge in [-0.15, -0.1) is 0 Å². The lowest BCUT2D eigenvalue weighted by atomic mass is 10.1. The summed E-state index contributed by atoms with van der Waals surface area (Å²) in [5.74, 6) is -0.240. The van der Waals surface area contributed by atoms with Crippen LogP contribution in [0.1, 0.15) is 27.2 Å². The zero-order valence-corrected chi connectivity index (χ0v) is 18.6. The Labute approximate surface area is 197 Å². The summed E-state index contributed by atoms with van der Waals surface area (Å²) in [5.41, 5.74) is 5.08. The normalized spacial score (nSPS) is 12.5. The lowest BCUT2D eigenvalue weighted by molar-refractivity contribution is -0.115.